The molecule has 0 fully saturated rings. The molecule has 0 saturated carbocycles. The van der Waals surface area contributed by atoms with Crippen molar-refractivity contribution in [3.63, 3.8) is 0 Å². The van der Waals surface area contributed by atoms with E-state index in [1.807, 2.05) is 12.3 Å². The number of nitrogens with two attached hydrogens (primary N) is 2. The number of nitrogen functional groups attached to an aromatic ring is 1. The Hall–Kier alpha value is -2.08. The third kappa shape index (κ3) is 3.45. The maximum atomic E-state index is 11.0. The van der Waals surface area contributed by atoms with Gasteiger partial charge in [-0.3, -0.25) is 4.79 Å². The van der Waals surface area contributed by atoms with Crippen LogP contribution in [0.2, 0.25) is 0 Å². The van der Waals surface area contributed by atoms with Gasteiger partial charge in [0.05, 0.1) is 16.4 Å². The first-order valence-corrected chi connectivity index (χ1v) is 6.78. The van der Waals surface area contributed by atoms with E-state index in [-0.39, 0.29) is 0 Å². The predicted molar refractivity (Wildman–Crippen MR) is 78.4 cm³/mol. The number of aryl methyl sites for hydroxylation is 1. The molecular weight excluding hydrogens is 260 g/mol. The summed E-state index contributed by atoms with van der Waals surface area (Å²) in [4.78, 5) is 15.4. The van der Waals surface area contributed by atoms with E-state index in [4.69, 9.17) is 11.5 Å². The third-order valence-corrected chi connectivity index (χ3v) is 3.68. The van der Waals surface area contributed by atoms with E-state index in [0.29, 0.717) is 11.3 Å². The minimum atomic E-state index is -0.475. The molecule has 0 unspecified atom stereocenters. The Morgan fingerprint density at radius 3 is 2.84 bits per heavy atom. The van der Waals surface area contributed by atoms with Crippen LogP contribution in [-0.2, 0) is 6.42 Å². The highest BCUT2D eigenvalue weighted by molar-refractivity contribution is 7.09. The summed E-state index contributed by atoms with van der Waals surface area (Å²) >= 11 is 1.65. The summed E-state index contributed by atoms with van der Waals surface area (Å²) in [5, 5.41) is 6.35. The van der Waals surface area contributed by atoms with Gasteiger partial charge >= 0.3 is 0 Å². The zero-order chi connectivity index (χ0) is 13.8. The summed E-state index contributed by atoms with van der Waals surface area (Å²) in [6.07, 6.45) is 0.843. The van der Waals surface area contributed by atoms with Gasteiger partial charge < -0.3 is 16.8 Å². The van der Waals surface area contributed by atoms with Crippen LogP contribution in [0, 0.1) is 6.92 Å². The second-order valence-corrected chi connectivity index (χ2v) is 5.17. The smallest absolute Gasteiger partial charge is 0.248 e. The van der Waals surface area contributed by atoms with Crippen molar-refractivity contribution in [2.24, 2.45) is 5.73 Å². The van der Waals surface area contributed by atoms with Gasteiger partial charge in [-0.15, -0.1) is 11.3 Å². The lowest BCUT2D eigenvalue weighted by Gasteiger charge is -2.09. The number of nitrogens with zero attached hydrogens (tertiary/aromatic N) is 1. The number of rotatable bonds is 5. The van der Waals surface area contributed by atoms with Crippen LogP contribution in [-0.4, -0.2) is 17.4 Å². The fourth-order valence-electron chi connectivity index (χ4n) is 1.70. The summed E-state index contributed by atoms with van der Waals surface area (Å²) in [5.41, 5.74) is 13.8. The van der Waals surface area contributed by atoms with Crippen molar-refractivity contribution in [3.8, 4) is 0 Å². The molecular formula is C13H16N4OS. The Morgan fingerprint density at radius 1 is 1.47 bits per heavy atom. The molecule has 1 aromatic carbocycles. The molecule has 1 aromatic heterocycles. The highest BCUT2D eigenvalue weighted by Gasteiger charge is 2.05. The summed E-state index contributed by atoms with van der Waals surface area (Å²) in [6, 6.07) is 5.01. The largest absolute Gasteiger partial charge is 0.397 e. The number of carbonyl (C=O) groups is 1. The molecule has 19 heavy (non-hydrogen) atoms. The van der Waals surface area contributed by atoms with Crippen LogP contribution in [0.4, 0.5) is 11.4 Å². The number of amides is 1. The molecule has 0 aliphatic rings. The molecule has 5 N–H and O–H groups in total. The van der Waals surface area contributed by atoms with Crippen LogP contribution in [0.25, 0.3) is 0 Å². The summed E-state index contributed by atoms with van der Waals surface area (Å²) in [7, 11) is 0. The van der Waals surface area contributed by atoms with E-state index in [9.17, 15) is 4.79 Å². The van der Waals surface area contributed by atoms with Crippen molar-refractivity contribution >= 4 is 28.6 Å². The van der Waals surface area contributed by atoms with Gasteiger partial charge in [0.15, 0.2) is 0 Å². The van der Waals surface area contributed by atoms with Gasteiger partial charge in [-0.1, -0.05) is 0 Å². The molecule has 0 atom stereocenters. The molecule has 6 heteroatoms. The number of nitrogens with one attached hydrogen (secondary N) is 1. The van der Waals surface area contributed by atoms with Gasteiger partial charge in [0, 0.05) is 29.6 Å². The van der Waals surface area contributed by atoms with Gasteiger partial charge in [0.1, 0.15) is 0 Å². The number of hydrogen-bond donors (Lipinski definition) is 3. The molecule has 1 heterocycles. The van der Waals surface area contributed by atoms with Gasteiger partial charge in [0.2, 0.25) is 5.91 Å². The van der Waals surface area contributed by atoms with Crippen molar-refractivity contribution in [2.75, 3.05) is 17.6 Å². The average molecular weight is 276 g/mol. The zero-order valence-electron chi connectivity index (χ0n) is 10.6. The Balaban J connectivity index is 1.94. The van der Waals surface area contributed by atoms with E-state index in [1.54, 1.807) is 29.5 Å². The molecule has 1 amide bonds. The first-order valence-electron chi connectivity index (χ1n) is 5.90. The van der Waals surface area contributed by atoms with E-state index < -0.39 is 5.91 Å². The lowest BCUT2D eigenvalue weighted by Crippen LogP contribution is -2.12. The zero-order valence-corrected chi connectivity index (χ0v) is 11.5. The molecule has 0 radical (unpaired) electrons. The van der Waals surface area contributed by atoms with Crippen LogP contribution < -0.4 is 16.8 Å². The molecule has 5 nitrogen and oxygen atoms in total. The fourth-order valence-corrected chi connectivity index (χ4v) is 2.47. The Kier molecular flexibility index (Phi) is 4.01. The number of thiazole rings is 1. The van der Waals surface area contributed by atoms with Crippen LogP contribution >= 0.6 is 11.3 Å². The van der Waals surface area contributed by atoms with Crippen LogP contribution in [0.5, 0.6) is 0 Å². The number of primary amides is 1. The highest BCUT2D eigenvalue weighted by Crippen LogP contribution is 2.20. The first-order chi connectivity index (χ1) is 9.06. The molecule has 0 bridgehead atoms. The molecule has 0 aliphatic carbocycles. The minimum absolute atomic E-state index is 0.415. The topological polar surface area (TPSA) is 94.0 Å². The second kappa shape index (κ2) is 5.71. The third-order valence-electron chi connectivity index (χ3n) is 2.66. The van der Waals surface area contributed by atoms with Crippen molar-refractivity contribution < 1.29 is 4.79 Å². The molecule has 100 valence electrons. The second-order valence-electron chi connectivity index (χ2n) is 4.23. The van der Waals surface area contributed by atoms with Crippen molar-refractivity contribution in [1.29, 1.82) is 0 Å². The van der Waals surface area contributed by atoms with Gasteiger partial charge in [0.25, 0.3) is 0 Å². The Labute approximate surface area is 115 Å². The standard InChI is InChI=1S/C13H16N4OS/c1-8-7-19-12(17-8)4-5-16-11-3-2-9(13(15)18)6-10(11)14/h2-3,6-7,16H,4-5,14H2,1H3,(H2,15,18). The lowest BCUT2D eigenvalue weighted by atomic mass is 10.1. The SMILES string of the molecule is Cc1csc(CCNc2ccc(C(N)=O)cc2N)n1. The van der Waals surface area contributed by atoms with Crippen LogP contribution in [0.1, 0.15) is 21.1 Å². The van der Waals surface area contributed by atoms with E-state index in [0.717, 1.165) is 29.4 Å². The molecule has 2 rings (SSSR count). The number of benzene rings is 1. The first kappa shape index (κ1) is 13.4. The number of hydrogen-bond acceptors (Lipinski definition) is 5. The van der Waals surface area contributed by atoms with E-state index >= 15 is 0 Å². The molecule has 0 saturated heterocycles. The van der Waals surface area contributed by atoms with E-state index in [2.05, 4.69) is 10.3 Å². The molecule has 0 aliphatic heterocycles. The number of anilines is 2. The van der Waals surface area contributed by atoms with E-state index in [1.165, 1.54) is 0 Å². The summed E-state index contributed by atoms with van der Waals surface area (Å²) in [6.45, 7) is 2.72. The van der Waals surface area contributed by atoms with Crippen LogP contribution in [0.3, 0.4) is 0 Å². The number of aromatic nitrogens is 1. The quantitative estimate of drug-likeness (QED) is 0.726. The van der Waals surface area contributed by atoms with Crippen molar-refractivity contribution in [2.45, 2.75) is 13.3 Å². The van der Waals surface area contributed by atoms with Crippen molar-refractivity contribution in [1.82, 2.24) is 4.98 Å². The summed E-state index contributed by atoms with van der Waals surface area (Å²) < 4.78 is 0. The highest BCUT2D eigenvalue weighted by atomic mass is 32.1. The van der Waals surface area contributed by atoms with Gasteiger partial charge in [-0.25, -0.2) is 4.98 Å². The van der Waals surface area contributed by atoms with Crippen LogP contribution in [0.15, 0.2) is 23.6 Å². The number of carbonyl (C=O) groups excluding carboxylic acids is 1. The predicted octanol–water partition coefficient (Wildman–Crippen LogP) is 1.79. The monoisotopic (exact) mass is 276 g/mol. The average Bonchev–Trinajstić information content (AvgIpc) is 2.77. The van der Waals surface area contributed by atoms with Crippen molar-refractivity contribution in [3.05, 3.63) is 39.8 Å². The van der Waals surface area contributed by atoms with Gasteiger partial charge in [-0.05, 0) is 25.1 Å². The molecule has 2 aromatic rings. The summed E-state index contributed by atoms with van der Waals surface area (Å²) in [5.74, 6) is -0.475. The Morgan fingerprint density at radius 2 is 2.26 bits per heavy atom. The molecule has 0 spiro atoms. The minimum Gasteiger partial charge on any atom is -0.397 e. The van der Waals surface area contributed by atoms with Gasteiger partial charge in [-0.2, -0.15) is 0 Å². The Bertz CT molecular complexity index is 594. The normalized spacial score (nSPS) is 10.4. The maximum absolute atomic E-state index is 11.0. The lowest BCUT2D eigenvalue weighted by molar-refractivity contribution is 0.100. The fraction of sp³-hybridized carbons (Fsp3) is 0.231. The maximum Gasteiger partial charge on any atom is 0.248 e.